The van der Waals surface area contributed by atoms with Crippen LogP contribution in [0.2, 0.25) is 0 Å². The maximum Gasteiger partial charge on any atom is 0.321 e. The van der Waals surface area contributed by atoms with Gasteiger partial charge in [0.2, 0.25) is 0 Å². The van der Waals surface area contributed by atoms with E-state index in [4.69, 9.17) is 18.6 Å². The van der Waals surface area contributed by atoms with E-state index < -0.39 is 10.2 Å². The van der Waals surface area contributed by atoms with Crippen LogP contribution in [0.3, 0.4) is 0 Å². The fraction of sp³-hybridized carbons (Fsp3) is 0.0769. The Balaban J connectivity index is 0.000000383. The van der Waals surface area contributed by atoms with E-state index in [1.54, 1.807) is 4.57 Å². The molecule has 0 aliphatic rings. The standard InChI is InChI=1S/C13H12N2O.ClHO4/c1-9-10(2)12(13(16)14-11(9)3)15-7-5-4-6-8-15;2-1(3,4)5/h4-8H,1,3H2,2H3;(H,2,3,4,5). The molecule has 0 aliphatic heterocycles. The summed E-state index contributed by atoms with van der Waals surface area (Å²) in [5.74, 6) is 0. The van der Waals surface area contributed by atoms with Crippen molar-refractivity contribution in [2.24, 2.45) is 0 Å². The van der Waals surface area contributed by atoms with E-state index in [2.05, 4.69) is 18.1 Å². The van der Waals surface area contributed by atoms with Gasteiger partial charge in [-0.15, -0.1) is 10.2 Å². The van der Waals surface area contributed by atoms with Gasteiger partial charge in [-0.3, -0.25) is 4.79 Å². The molecule has 0 amide bonds. The van der Waals surface area contributed by atoms with Crippen LogP contribution in [0.25, 0.3) is 18.8 Å². The van der Waals surface area contributed by atoms with Crippen molar-refractivity contribution in [3.63, 3.8) is 0 Å². The number of rotatable bonds is 1. The second-order valence-electron chi connectivity index (χ2n) is 4.05. The highest BCUT2D eigenvalue weighted by molar-refractivity contribution is 5.33. The van der Waals surface area contributed by atoms with Gasteiger partial charge in [0.15, 0.2) is 12.4 Å². The molecule has 8 heteroatoms. The maximum atomic E-state index is 11.9. The smallest absolute Gasteiger partial charge is 0.317 e. The van der Waals surface area contributed by atoms with Crippen LogP contribution >= 0.6 is 0 Å². The third-order valence-corrected chi connectivity index (χ3v) is 2.63. The Hall–Kier alpha value is -2.03. The van der Waals surface area contributed by atoms with E-state index >= 15 is 0 Å². The third kappa shape index (κ3) is 5.10. The number of aromatic nitrogens is 2. The molecule has 0 saturated carbocycles. The molecule has 2 heterocycles. The first-order valence-corrected chi connectivity index (χ1v) is 6.84. The zero-order chi connectivity index (χ0) is 16.2. The van der Waals surface area contributed by atoms with Crippen LogP contribution in [0.1, 0.15) is 5.56 Å². The molecule has 0 aliphatic carbocycles. The van der Waals surface area contributed by atoms with Crippen LogP contribution in [0.4, 0.5) is 0 Å². The van der Waals surface area contributed by atoms with Gasteiger partial charge >= 0.3 is 5.56 Å². The van der Waals surface area contributed by atoms with Crippen molar-refractivity contribution in [1.29, 1.82) is 0 Å². The number of halogens is 1. The van der Waals surface area contributed by atoms with Gasteiger partial charge in [-0.05, 0) is 12.1 Å². The molecule has 0 aromatic carbocycles. The number of nitrogens with one attached hydrogen (secondary N) is 1. The van der Waals surface area contributed by atoms with Crippen LogP contribution in [-0.4, -0.2) is 4.98 Å². The molecule has 0 radical (unpaired) electrons. The topological polar surface area (TPSA) is 129 Å². The largest absolute Gasteiger partial charge is 0.321 e. The lowest BCUT2D eigenvalue weighted by Gasteiger charge is -2.17. The zero-order valence-corrected chi connectivity index (χ0v) is 11.9. The van der Waals surface area contributed by atoms with Crippen LogP contribution in [-0.2, 0) is 0 Å². The maximum absolute atomic E-state index is 11.9. The summed E-state index contributed by atoms with van der Waals surface area (Å²) < 4.78 is 35.8. The minimum absolute atomic E-state index is 0.147. The van der Waals surface area contributed by atoms with E-state index in [9.17, 15) is 4.79 Å². The molecule has 7 nitrogen and oxygen atoms in total. The average Bonchev–Trinajstić information content (AvgIpc) is 2.35. The lowest BCUT2D eigenvalue weighted by molar-refractivity contribution is -2.00. The van der Waals surface area contributed by atoms with Gasteiger partial charge in [-0.2, -0.15) is 4.57 Å². The Labute approximate surface area is 122 Å². The van der Waals surface area contributed by atoms with Crippen molar-refractivity contribution in [3.8, 4) is 5.69 Å². The number of H-pyrrole nitrogens is 1. The average molecular weight is 313 g/mol. The molecule has 2 rings (SSSR count). The zero-order valence-electron chi connectivity index (χ0n) is 11.2. The molecule has 0 unspecified atom stereocenters. The Morgan fingerprint density at radius 3 is 2.05 bits per heavy atom. The van der Waals surface area contributed by atoms with Gasteiger partial charge in [-0.25, -0.2) is 18.6 Å². The molecule has 1 N–H and O–H groups in total. The monoisotopic (exact) mass is 312 g/mol. The fourth-order valence-corrected chi connectivity index (χ4v) is 1.67. The van der Waals surface area contributed by atoms with Crippen molar-refractivity contribution in [2.45, 2.75) is 6.92 Å². The molecule has 0 bridgehead atoms. The highest BCUT2D eigenvalue weighted by Crippen LogP contribution is 1.92. The van der Waals surface area contributed by atoms with Gasteiger partial charge in [0.25, 0.3) is 5.69 Å². The molecule has 21 heavy (non-hydrogen) atoms. The Morgan fingerprint density at radius 2 is 1.57 bits per heavy atom. The predicted molar refractivity (Wildman–Crippen MR) is 63.6 cm³/mol. The van der Waals surface area contributed by atoms with Crippen LogP contribution in [0.15, 0.2) is 35.4 Å². The van der Waals surface area contributed by atoms with Crippen molar-refractivity contribution < 1.29 is 33.4 Å². The molecule has 2 aromatic heterocycles. The lowest BCUT2D eigenvalue weighted by Crippen LogP contribution is -2.68. The molecule has 112 valence electrons. The summed E-state index contributed by atoms with van der Waals surface area (Å²) in [5, 5.41) is 1.34. The highest BCUT2D eigenvalue weighted by atomic mass is 35.7. The van der Waals surface area contributed by atoms with Crippen molar-refractivity contribution in [2.75, 3.05) is 0 Å². The van der Waals surface area contributed by atoms with Gasteiger partial charge in [-0.1, -0.05) is 19.2 Å². The summed E-state index contributed by atoms with van der Waals surface area (Å²) in [6, 6.07) is 5.65. The van der Waals surface area contributed by atoms with Crippen LogP contribution < -0.4 is 39.3 Å². The highest BCUT2D eigenvalue weighted by Gasteiger charge is 2.14. The van der Waals surface area contributed by atoms with Crippen molar-refractivity contribution in [3.05, 3.63) is 57.1 Å². The summed E-state index contributed by atoms with van der Waals surface area (Å²) in [5.41, 5.74) is 1.30. The fourth-order valence-electron chi connectivity index (χ4n) is 1.67. The van der Waals surface area contributed by atoms with E-state index in [1.807, 2.05) is 37.5 Å². The lowest BCUT2D eigenvalue weighted by atomic mass is 10.2. The predicted octanol–water partition coefficient (Wildman–Crippen LogP) is -4.98. The Kier molecular flexibility index (Phi) is 5.36. The number of pyridine rings is 2. The summed E-state index contributed by atoms with van der Waals surface area (Å²) in [6.07, 6.45) is 3.67. The number of hydrogen-bond donors (Lipinski definition) is 1. The Bertz CT molecular complexity index is 762. The van der Waals surface area contributed by atoms with Gasteiger partial charge in [0, 0.05) is 23.0 Å². The van der Waals surface area contributed by atoms with Crippen LogP contribution in [0.5, 0.6) is 0 Å². The number of nitrogens with zero attached hydrogens (tertiary/aromatic N) is 1. The minimum atomic E-state index is -4.94. The number of aromatic amines is 1. The van der Waals surface area contributed by atoms with Gasteiger partial charge in [0.05, 0.1) is 0 Å². The third-order valence-electron chi connectivity index (χ3n) is 2.63. The minimum Gasteiger partial charge on any atom is -0.317 e. The second kappa shape index (κ2) is 6.61. The van der Waals surface area contributed by atoms with E-state index in [-0.39, 0.29) is 5.56 Å². The second-order valence-corrected chi connectivity index (χ2v) is 4.80. The summed E-state index contributed by atoms with van der Waals surface area (Å²) in [7, 11) is -4.94. The van der Waals surface area contributed by atoms with E-state index in [0.717, 1.165) is 10.8 Å². The Morgan fingerprint density at radius 1 is 1.10 bits per heavy atom. The quantitative estimate of drug-likeness (QED) is 0.527. The van der Waals surface area contributed by atoms with Crippen LogP contribution in [0, 0.1) is 17.2 Å². The summed E-state index contributed by atoms with van der Waals surface area (Å²) in [4.78, 5) is 14.6. The SMILES string of the molecule is C=c1[nH]c(=O)c(-[n+]2ccccc2)c(C)c1=C.[O-][Cl+3]([O-])([O-])[O-]. The van der Waals surface area contributed by atoms with Gasteiger partial charge in [0.1, 0.15) is 0 Å². The van der Waals surface area contributed by atoms with Crippen molar-refractivity contribution >= 4 is 13.2 Å². The summed E-state index contributed by atoms with van der Waals surface area (Å²) in [6.45, 7) is 9.53. The molecule has 0 spiro atoms. The number of hydrogen-bond acceptors (Lipinski definition) is 5. The first-order chi connectivity index (χ1) is 9.61. The van der Waals surface area contributed by atoms with E-state index in [1.165, 1.54) is 0 Å². The molecule has 0 fully saturated rings. The molecule has 0 saturated heterocycles. The molecule has 2 aromatic rings. The first-order valence-electron chi connectivity index (χ1n) is 5.60. The first kappa shape index (κ1) is 17.0. The molecular weight excluding hydrogens is 300 g/mol. The summed E-state index contributed by atoms with van der Waals surface area (Å²) >= 11 is 0. The van der Waals surface area contributed by atoms with E-state index in [0.29, 0.717) is 11.0 Å². The van der Waals surface area contributed by atoms with Gasteiger partial charge < -0.3 is 4.98 Å². The van der Waals surface area contributed by atoms with Crippen molar-refractivity contribution in [1.82, 2.24) is 4.98 Å². The molecular formula is C13H13ClN2O5. The molecule has 0 atom stereocenters. The normalized spacial score (nSPS) is 10.7.